The third-order valence-electron chi connectivity index (χ3n) is 2.49. The zero-order chi connectivity index (χ0) is 14.6. The van der Waals surface area contributed by atoms with Crippen LogP contribution in [0.15, 0.2) is 33.8 Å². The second-order valence-corrected chi connectivity index (χ2v) is 5.81. The van der Waals surface area contributed by atoms with E-state index in [1.807, 2.05) is 6.92 Å². The van der Waals surface area contributed by atoms with Gasteiger partial charge in [-0.15, -0.1) is 0 Å². The van der Waals surface area contributed by atoms with E-state index in [2.05, 4.69) is 20.0 Å². The number of aryl methyl sites for hydroxylation is 1. The maximum Gasteiger partial charge on any atom is 0.244 e. The zero-order valence-electron chi connectivity index (χ0n) is 11.3. The molecular formula is C12H16N4O3S. The lowest BCUT2D eigenvalue weighted by Gasteiger charge is -2.10. The van der Waals surface area contributed by atoms with Gasteiger partial charge in [0.2, 0.25) is 15.9 Å². The number of pyridine rings is 1. The smallest absolute Gasteiger partial charge is 0.244 e. The van der Waals surface area contributed by atoms with Gasteiger partial charge in [-0.2, -0.15) is 0 Å². The van der Waals surface area contributed by atoms with Crippen LogP contribution < -0.4 is 10.0 Å². The van der Waals surface area contributed by atoms with Crippen LogP contribution in [0.5, 0.6) is 0 Å². The van der Waals surface area contributed by atoms with Gasteiger partial charge in [0.15, 0.2) is 0 Å². The summed E-state index contributed by atoms with van der Waals surface area (Å²) in [6.45, 7) is 4.19. The maximum absolute atomic E-state index is 12.2. The van der Waals surface area contributed by atoms with Crippen molar-refractivity contribution in [1.29, 1.82) is 0 Å². The molecule has 0 radical (unpaired) electrons. The number of sulfonamides is 1. The molecule has 0 atom stereocenters. The number of oxazole rings is 1. The fourth-order valence-corrected chi connectivity index (χ4v) is 2.73. The number of hydrogen-bond donors (Lipinski definition) is 2. The van der Waals surface area contributed by atoms with Crippen molar-refractivity contribution < 1.29 is 12.8 Å². The van der Waals surface area contributed by atoms with Crippen molar-refractivity contribution in [2.24, 2.45) is 0 Å². The van der Waals surface area contributed by atoms with Crippen molar-refractivity contribution in [2.75, 3.05) is 11.9 Å². The van der Waals surface area contributed by atoms with E-state index < -0.39 is 10.0 Å². The third kappa shape index (κ3) is 3.34. The first-order valence-electron chi connectivity index (χ1n) is 6.13. The quantitative estimate of drug-likeness (QED) is 0.833. The predicted octanol–water partition coefficient (Wildman–Crippen LogP) is 1.29. The molecule has 2 aromatic rings. The molecule has 2 aromatic heterocycles. The summed E-state index contributed by atoms with van der Waals surface area (Å²) in [6.07, 6.45) is 3.08. The van der Waals surface area contributed by atoms with Gasteiger partial charge in [-0.25, -0.2) is 23.1 Å². The lowest BCUT2D eigenvalue weighted by molar-refractivity contribution is 0.463. The van der Waals surface area contributed by atoms with Gasteiger partial charge in [0.05, 0.1) is 12.7 Å². The number of rotatable bonds is 6. The Bertz CT molecular complexity index is 682. The van der Waals surface area contributed by atoms with Gasteiger partial charge in [0.1, 0.15) is 16.5 Å². The highest BCUT2D eigenvalue weighted by Gasteiger charge is 2.19. The Kier molecular flexibility index (Phi) is 4.35. The highest BCUT2D eigenvalue weighted by Crippen LogP contribution is 2.17. The van der Waals surface area contributed by atoms with Gasteiger partial charge in [0.25, 0.3) is 0 Å². The van der Waals surface area contributed by atoms with E-state index in [0.717, 1.165) is 0 Å². The van der Waals surface area contributed by atoms with E-state index in [1.54, 1.807) is 13.0 Å². The van der Waals surface area contributed by atoms with Crippen molar-refractivity contribution in [3.8, 4) is 0 Å². The first-order valence-corrected chi connectivity index (χ1v) is 7.61. The van der Waals surface area contributed by atoms with Crippen molar-refractivity contribution in [3.63, 3.8) is 0 Å². The van der Waals surface area contributed by atoms with Gasteiger partial charge >= 0.3 is 0 Å². The average molecular weight is 296 g/mol. The molecule has 0 saturated heterocycles. The van der Waals surface area contributed by atoms with Crippen LogP contribution in [0.25, 0.3) is 0 Å². The van der Waals surface area contributed by atoms with Crippen molar-refractivity contribution in [1.82, 2.24) is 14.7 Å². The number of aromatic nitrogens is 2. The van der Waals surface area contributed by atoms with E-state index in [9.17, 15) is 8.42 Å². The Labute approximate surface area is 117 Å². The molecule has 0 unspecified atom stereocenters. The van der Waals surface area contributed by atoms with E-state index in [1.165, 1.54) is 18.5 Å². The van der Waals surface area contributed by atoms with Crippen LogP contribution >= 0.6 is 0 Å². The van der Waals surface area contributed by atoms with Gasteiger partial charge in [0, 0.05) is 12.7 Å². The minimum atomic E-state index is -3.68. The molecule has 0 saturated carbocycles. The summed E-state index contributed by atoms with van der Waals surface area (Å²) in [4.78, 5) is 8.07. The molecule has 2 rings (SSSR count). The Hall–Kier alpha value is -1.93. The molecule has 0 fully saturated rings. The van der Waals surface area contributed by atoms with Crippen LogP contribution in [0.4, 0.5) is 5.82 Å². The Morgan fingerprint density at radius 1 is 1.35 bits per heavy atom. The zero-order valence-corrected chi connectivity index (χ0v) is 12.1. The molecule has 108 valence electrons. The minimum absolute atomic E-state index is 0.00334. The standard InChI is InChI=1S/C12H16N4O3S/c1-3-13-12-10(5-4-6-14-12)20(17,18)16-8-11-15-7-9(2)19-11/h4-7,16H,3,8H2,1-2H3,(H,13,14). The predicted molar refractivity (Wildman–Crippen MR) is 73.7 cm³/mol. The molecule has 0 aliphatic carbocycles. The van der Waals surface area contributed by atoms with Gasteiger partial charge in [-0.3, -0.25) is 0 Å². The van der Waals surface area contributed by atoms with Gasteiger partial charge in [-0.05, 0) is 26.0 Å². The molecule has 0 aromatic carbocycles. The van der Waals surface area contributed by atoms with Gasteiger partial charge in [-0.1, -0.05) is 0 Å². The molecule has 8 heteroatoms. The second kappa shape index (κ2) is 6.02. The van der Waals surface area contributed by atoms with Crippen molar-refractivity contribution in [3.05, 3.63) is 36.2 Å². The monoisotopic (exact) mass is 296 g/mol. The van der Waals surface area contributed by atoms with Crippen LogP contribution in [0, 0.1) is 6.92 Å². The summed E-state index contributed by atoms with van der Waals surface area (Å²) in [6, 6.07) is 3.07. The summed E-state index contributed by atoms with van der Waals surface area (Å²) in [5, 5.41) is 2.92. The minimum Gasteiger partial charge on any atom is -0.445 e. The second-order valence-electron chi connectivity index (χ2n) is 4.07. The van der Waals surface area contributed by atoms with Crippen LogP contribution in [0.2, 0.25) is 0 Å². The average Bonchev–Trinajstić information content (AvgIpc) is 2.83. The lowest BCUT2D eigenvalue weighted by atomic mass is 10.4. The molecule has 0 aliphatic heterocycles. The van der Waals surface area contributed by atoms with E-state index >= 15 is 0 Å². The van der Waals surface area contributed by atoms with E-state index in [-0.39, 0.29) is 11.4 Å². The van der Waals surface area contributed by atoms with Crippen LogP contribution in [-0.2, 0) is 16.6 Å². The largest absolute Gasteiger partial charge is 0.445 e. The van der Waals surface area contributed by atoms with Gasteiger partial charge < -0.3 is 9.73 Å². The Morgan fingerprint density at radius 3 is 2.80 bits per heavy atom. The fraction of sp³-hybridized carbons (Fsp3) is 0.333. The maximum atomic E-state index is 12.2. The van der Waals surface area contributed by atoms with E-state index in [0.29, 0.717) is 24.0 Å². The first kappa shape index (κ1) is 14.5. The Morgan fingerprint density at radius 2 is 2.15 bits per heavy atom. The summed E-state index contributed by atoms with van der Waals surface area (Å²) >= 11 is 0. The molecule has 7 nitrogen and oxygen atoms in total. The normalized spacial score (nSPS) is 11.5. The lowest BCUT2D eigenvalue weighted by Crippen LogP contribution is -2.24. The highest BCUT2D eigenvalue weighted by atomic mass is 32.2. The highest BCUT2D eigenvalue weighted by molar-refractivity contribution is 7.89. The molecule has 2 N–H and O–H groups in total. The molecular weight excluding hydrogens is 280 g/mol. The first-order chi connectivity index (χ1) is 9.53. The summed E-state index contributed by atoms with van der Waals surface area (Å²) in [5.41, 5.74) is 0. The molecule has 0 spiro atoms. The van der Waals surface area contributed by atoms with Crippen LogP contribution in [0.3, 0.4) is 0 Å². The number of hydrogen-bond acceptors (Lipinski definition) is 6. The number of anilines is 1. The molecule has 20 heavy (non-hydrogen) atoms. The third-order valence-corrected chi connectivity index (χ3v) is 3.92. The SMILES string of the molecule is CCNc1ncccc1S(=O)(=O)NCc1ncc(C)o1. The van der Waals surface area contributed by atoms with Crippen LogP contribution in [-0.4, -0.2) is 24.9 Å². The fourth-order valence-electron chi connectivity index (χ4n) is 1.63. The molecule has 0 bridgehead atoms. The summed E-state index contributed by atoms with van der Waals surface area (Å²) in [5.74, 6) is 1.28. The molecule has 2 heterocycles. The van der Waals surface area contributed by atoms with E-state index in [4.69, 9.17) is 4.42 Å². The summed E-state index contributed by atoms with van der Waals surface area (Å²) < 4.78 is 32.2. The molecule has 0 aliphatic rings. The topological polar surface area (TPSA) is 97.1 Å². The number of nitrogens with one attached hydrogen (secondary N) is 2. The number of nitrogens with zero attached hydrogens (tertiary/aromatic N) is 2. The van der Waals surface area contributed by atoms with Crippen molar-refractivity contribution in [2.45, 2.75) is 25.3 Å². The van der Waals surface area contributed by atoms with Crippen LogP contribution in [0.1, 0.15) is 18.6 Å². The summed E-state index contributed by atoms with van der Waals surface area (Å²) in [7, 11) is -3.68. The van der Waals surface area contributed by atoms with Crippen molar-refractivity contribution >= 4 is 15.8 Å². The molecule has 0 amide bonds. The Balaban J connectivity index is 2.18.